The summed E-state index contributed by atoms with van der Waals surface area (Å²) in [5, 5.41) is 13.1. The monoisotopic (exact) mass is 246 g/mol. The lowest BCUT2D eigenvalue weighted by atomic mass is 10.2. The number of benzene rings is 1. The second kappa shape index (κ2) is 7.15. The second-order valence-electron chi connectivity index (χ2n) is 2.56. The molecule has 5 nitrogen and oxygen atoms in total. The zero-order chi connectivity index (χ0) is 13.4. The predicted molar refractivity (Wildman–Crippen MR) is 60.5 cm³/mol. The predicted octanol–water partition coefficient (Wildman–Crippen LogP) is 3.04. The van der Waals surface area contributed by atoms with Crippen LogP contribution in [0.5, 0.6) is 5.75 Å². The molecule has 0 fully saturated rings. The molecule has 0 aromatic heterocycles. The van der Waals surface area contributed by atoms with Gasteiger partial charge in [0.05, 0.1) is 11.0 Å². The first kappa shape index (κ1) is 14.8. The number of nitrogens with one attached hydrogen (secondary N) is 1. The van der Waals surface area contributed by atoms with Gasteiger partial charge in [0.15, 0.2) is 0 Å². The third kappa shape index (κ3) is 4.45. The molecule has 0 amide bonds. The van der Waals surface area contributed by atoms with Gasteiger partial charge >= 0.3 is 6.61 Å². The maximum Gasteiger partial charge on any atom is 0.387 e. The van der Waals surface area contributed by atoms with Gasteiger partial charge in [0.2, 0.25) is 0 Å². The molecule has 0 saturated carbocycles. The molecule has 1 N–H and O–H groups in total. The average Bonchev–Trinajstić information content (AvgIpc) is 2.30. The number of hydrogen-bond acceptors (Lipinski definition) is 4. The number of hydrogen-bond donors (Lipinski definition) is 1. The lowest BCUT2D eigenvalue weighted by molar-refractivity contribution is -0.384. The Balaban J connectivity index is 0.00000121. The zero-order valence-electron chi connectivity index (χ0n) is 9.15. The quantitative estimate of drug-likeness (QED) is 0.503. The fraction of sp³-hybridized carbons (Fsp3) is 0.200. The first-order valence-corrected chi connectivity index (χ1v) is 4.45. The highest BCUT2D eigenvalue weighted by molar-refractivity contribution is 5.63. The fourth-order valence-corrected chi connectivity index (χ4v) is 1.05. The maximum atomic E-state index is 11.8. The van der Waals surface area contributed by atoms with Crippen LogP contribution in [0.25, 0.3) is 0 Å². The molecule has 1 rings (SSSR count). The highest BCUT2D eigenvalue weighted by atomic mass is 19.3. The van der Waals surface area contributed by atoms with Crippen molar-refractivity contribution in [1.29, 1.82) is 0 Å². The molecule has 0 unspecified atom stereocenters. The van der Waals surface area contributed by atoms with Crippen molar-refractivity contribution in [3.05, 3.63) is 41.5 Å². The summed E-state index contributed by atoms with van der Waals surface area (Å²) < 4.78 is 27.7. The number of alkyl halides is 2. The van der Waals surface area contributed by atoms with Gasteiger partial charge < -0.3 is 10.1 Å². The van der Waals surface area contributed by atoms with Crippen LogP contribution >= 0.6 is 0 Å². The van der Waals surface area contributed by atoms with Crippen LogP contribution in [0.15, 0.2) is 31.4 Å². The molecule has 7 heteroatoms. The smallest absolute Gasteiger partial charge is 0.387 e. The fourth-order valence-electron chi connectivity index (χ4n) is 1.05. The van der Waals surface area contributed by atoms with E-state index >= 15 is 0 Å². The van der Waals surface area contributed by atoms with Crippen molar-refractivity contribution < 1.29 is 18.4 Å². The summed E-state index contributed by atoms with van der Waals surface area (Å²) >= 11 is 0. The van der Waals surface area contributed by atoms with Crippen LogP contribution in [0.4, 0.5) is 20.2 Å². The molecule has 0 spiro atoms. The van der Waals surface area contributed by atoms with Gasteiger partial charge in [0, 0.05) is 7.05 Å². The summed E-state index contributed by atoms with van der Waals surface area (Å²) in [5.74, 6) is -0.240. The standard InChI is InChI=1S/C8H8F2N2O3.C2H4/c1-11-6-3-2-5(15-8(9)10)4-7(6)12(13)14;1-2/h2-4,8,11H,1H3;1-2H2. The summed E-state index contributed by atoms with van der Waals surface area (Å²) in [7, 11) is 1.50. The molecular weight excluding hydrogens is 234 g/mol. The molecule has 0 atom stereocenters. The number of nitro groups is 1. The van der Waals surface area contributed by atoms with E-state index in [2.05, 4.69) is 23.2 Å². The molecular formula is C10H12F2N2O3. The number of nitro benzene ring substituents is 1. The summed E-state index contributed by atoms with van der Waals surface area (Å²) in [6.07, 6.45) is 0. The Hall–Kier alpha value is -2.18. The van der Waals surface area contributed by atoms with Crippen molar-refractivity contribution in [2.24, 2.45) is 0 Å². The molecule has 1 aromatic carbocycles. The van der Waals surface area contributed by atoms with Gasteiger partial charge in [-0.2, -0.15) is 8.78 Å². The first-order valence-electron chi connectivity index (χ1n) is 4.45. The topological polar surface area (TPSA) is 64.4 Å². The molecule has 0 radical (unpaired) electrons. The van der Waals surface area contributed by atoms with E-state index in [1.54, 1.807) is 0 Å². The van der Waals surface area contributed by atoms with Gasteiger partial charge in [-0.05, 0) is 12.1 Å². The minimum atomic E-state index is -3.00. The van der Waals surface area contributed by atoms with Crippen LogP contribution in [0, 0.1) is 10.1 Å². The van der Waals surface area contributed by atoms with E-state index < -0.39 is 11.5 Å². The van der Waals surface area contributed by atoms with Crippen LogP contribution < -0.4 is 10.1 Å². The van der Waals surface area contributed by atoms with Crippen LogP contribution in [-0.2, 0) is 0 Å². The second-order valence-corrected chi connectivity index (χ2v) is 2.56. The van der Waals surface area contributed by atoms with E-state index in [4.69, 9.17) is 0 Å². The summed E-state index contributed by atoms with van der Waals surface area (Å²) in [4.78, 5) is 9.86. The molecule has 0 saturated heterocycles. The number of halogens is 2. The third-order valence-electron chi connectivity index (χ3n) is 1.66. The molecule has 0 aliphatic rings. The molecule has 0 aliphatic heterocycles. The van der Waals surface area contributed by atoms with Crippen molar-refractivity contribution in [2.45, 2.75) is 6.61 Å². The normalized spacial score (nSPS) is 9.18. The number of anilines is 1. The first-order chi connectivity index (χ1) is 8.04. The summed E-state index contributed by atoms with van der Waals surface area (Å²) in [6.45, 7) is 3.00. The van der Waals surface area contributed by atoms with Crippen molar-refractivity contribution in [3.63, 3.8) is 0 Å². The summed E-state index contributed by atoms with van der Waals surface area (Å²) in [5.41, 5.74) is -0.0720. The molecule has 17 heavy (non-hydrogen) atoms. The van der Waals surface area contributed by atoms with Gasteiger partial charge in [0.1, 0.15) is 11.4 Å². The van der Waals surface area contributed by atoms with Gasteiger partial charge in [-0.25, -0.2) is 0 Å². The highest BCUT2D eigenvalue weighted by Gasteiger charge is 2.15. The summed E-state index contributed by atoms with van der Waals surface area (Å²) in [6, 6.07) is 3.47. The van der Waals surface area contributed by atoms with E-state index in [1.807, 2.05) is 0 Å². The Kier molecular flexibility index (Phi) is 6.24. The Bertz CT molecular complexity index is 386. The minimum absolute atomic E-state index is 0.238. The Morgan fingerprint density at radius 1 is 1.47 bits per heavy atom. The molecule has 0 heterocycles. The van der Waals surface area contributed by atoms with Crippen molar-refractivity contribution in [1.82, 2.24) is 0 Å². The van der Waals surface area contributed by atoms with E-state index in [9.17, 15) is 18.9 Å². The van der Waals surface area contributed by atoms with E-state index in [0.29, 0.717) is 0 Å². The Morgan fingerprint density at radius 3 is 2.47 bits per heavy atom. The van der Waals surface area contributed by atoms with E-state index in [-0.39, 0.29) is 17.1 Å². The molecule has 1 aromatic rings. The largest absolute Gasteiger partial charge is 0.435 e. The number of rotatable bonds is 4. The number of ether oxygens (including phenoxy) is 1. The van der Waals surface area contributed by atoms with Gasteiger partial charge in [-0.1, -0.05) is 0 Å². The van der Waals surface area contributed by atoms with Crippen molar-refractivity contribution >= 4 is 11.4 Å². The van der Waals surface area contributed by atoms with Crippen LogP contribution in [0.2, 0.25) is 0 Å². The molecule has 0 aliphatic carbocycles. The van der Waals surface area contributed by atoms with Gasteiger partial charge in [0.25, 0.3) is 5.69 Å². The maximum absolute atomic E-state index is 11.8. The molecule has 0 bridgehead atoms. The lowest BCUT2D eigenvalue weighted by Gasteiger charge is -2.06. The van der Waals surface area contributed by atoms with Crippen molar-refractivity contribution in [3.8, 4) is 5.75 Å². The lowest BCUT2D eigenvalue weighted by Crippen LogP contribution is -2.03. The van der Waals surface area contributed by atoms with E-state index in [1.165, 1.54) is 19.2 Å². The van der Waals surface area contributed by atoms with Crippen LogP contribution in [0.3, 0.4) is 0 Å². The van der Waals surface area contributed by atoms with Gasteiger partial charge in [-0.15, -0.1) is 13.2 Å². The SMILES string of the molecule is C=C.CNc1ccc(OC(F)F)cc1[N+](=O)[O-]. The Morgan fingerprint density at radius 2 is 2.06 bits per heavy atom. The number of nitrogens with zero attached hydrogens (tertiary/aromatic N) is 1. The van der Waals surface area contributed by atoms with Crippen LogP contribution in [0.1, 0.15) is 0 Å². The molecule has 94 valence electrons. The Labute approximate surface area is 96.9 Å². The zero-order valence-corrected chi connectivity index (χ0v) is 9.15. The average molecular weight is 246 g/mol. The van der Waals surface area contributed by atoms with Crippen molar-refractivity contribution in [2.75, 3.05) is 12.4 Å². The highest BCUT2D eigenvalue weighted by Crippen LogP contribution is 2.29. The van der Waals surface area contributed by atoms with Gasteiger partial charge in [-0.3, -0.25) is 10.1 Å². The third-order valence-corrected chi connectivity index (χ3v) is 1.66. The minimum Gasteiger partial charge on any atom is -0.435 e. The van der Waals surface area contributed by atoms with Crippen LogP contribution in [-0.4, -0.2) is 18.6 Å². The van der Waals surface area contributed by atoms with E-state index in [0.717, 1.165) is 6.07 Å².